The first-order valence-corrected chi connectivity index (χ1v) is 15.0. The van der Waals surface area contributed by atoms with E-state index in [4.69, 9.17) is 4.55 Å². The predicted octanol–water partition coefficient (Wildman–Crippen LogP) is 0.0439. The first kappa shape index (κ1) is 29.9. The van der Waals surface area contributed by atoms with E-state index in [1.807, 2.05) is 0 Å². The fourth-order valence-corrected chi connectivity index (χ4v) is 9.43. The van der Waals surface area contributed by atoms with Crippen LogP contribution in [0.25, 0.3) is 0 Å². The molecule has 35 heavy (non-hydrogen) atoms. The molecule has 0 unspecified atom stereocenters. The number of hydrogen-bond donors (Lipinski definition) is 3. The molecule has 0 aromatic heterocycles. The first-order valence-electron chi connectivity index (χ1n) is 13.4. The topological polar surface area (TPSA) is 130 Å². The molecule has 4 saturated carbocycles. The third-order valence-corrected chi connectivity index (χ3v) is 11.6. The van der Waals surface area contributed by atoms with Crippen molar-refractivity contribution in [1.29, 1.82) is 0 Å². The van der Waals surface area contributed by atoms with Crippen LogP contribution in [0.4, 0.5) is 0 Å². The maximum Gasteiger partial charge on any atom is 1.00 e. The molecule has 10 atom stereocenters. The quantitative estimate of drug-likeness (QED) is 0.188. The van der Waals surface area contributed by atoms with Crippen LogP contribution in [0.15, 0.2) is 4.99 Å². The minimum atomic E-state index is -4.11. The van der Waals surface area contributed by atoms with Crippen molar-refractivity contribution in [3.8, 4) is 0 Å². The van der Waals surface area contributed by atoms with Gasteiger partial charge in [0, 0.05) is 0 Å². The summed E-state index contributed by atoms with van der Waals surface area (Å²) in [7, 11) is -4.11. The number of aliphatic imine (C=N–C) groups is 1. The van der Waals surface area contributed by atoms with Crippen LogP contribution in [0.1, 0.15) is 85.0 Å². The van der Waals surface area contributed by atoms with Crippen molar-refractivity contribution in [3.63, 3.8) is 0 Å². The molecule has 4 fully saturated rings. The molecule has 0 radical (unpaired) electrons. The number of aliphatic hydroxyl groups excluding tert-OH is 2. The van der Waals surface area contributed by atoms with E-state index in [0.29, 0.717) is 24.2 Å². The van der Waals surface area contributed by atoms with Crippen LogP contribution in [0.2, 0.25) is 0 Å². The van der Waals surface area contributed by atoms with E-state index in [2.05, 4.69) is 25.8 Å². The van der Waals surface area contributed by atoms with Gasteiger partial charge in [-0.25, -0.2) is 0 Å². The molecule has 4 rings (SSSR count). The molecule has 0 aromatic carbocycles. The van der Waals surface area contributed by atoms with Crippen molar-refractivity contribution in [1.82, 2.24) is 0 Å². The molecule has 4 aliphatic rings. The van der Waals surface area contributed by atoms with Gasteiger partial charge in [0.05, 0.1) is 24.5 Å². The zero-order valence-corrected chi connectivity index (χ0v) is 24.8. The van der Waals surface area contributed by atoms with E-state index in [1.165, 1.54) is 25.7 Å². The van der Waals surface area contributed by atoms with Crippen LogP contribution < -0.4 is 34.7 Å². The minimum Gasteiger partial charge on any atom is -0.862 e. The van der Waals surface area contributed by atoms with Gasteiger partial charge in [-0.05, 0) is 104 Å². The second-order valence-corrected chi connectivity index (χ2v) is 14.0. The third-order valence-electron chi connectivity index (χ3n) is 10.9. The van der Waals surface area contributed by atoms with Crippen molar-refractivity contribution < 1.29 is 57.8 Å². The van der Waals surface area contributed by atoms with Crippen molar-refractivity contribution in [2.45, 2.75) is 97.2 Å². The summed E-state index contributed by atoms with van der Waals surface area (Å²) in [5.41, 5.74) is -0.0330. The fraction of sp³-hybridized carbons (Fsp3) is 0.962. The van der Waals surface area contributed by atoms with Crippen LogP contribution in [-0.2, 0) is 10.1 Å². The average molecular weight is 522 g/mol. The van der Waals surface area contributed by atoms with E-state index in [1.54, 1.807) is 0 Å². The third kappa shape index (κ3) is 5.69. The van der Waals surface area contributed by atoms with Gasteiger partial charge in [-0.3, -0.25) is 4.55 Å². The Balaban J connectivity index is 0.00000342. The summed E-state index contributed by atoms with van der Waals surface area (Å²) in [5, 5.41) is 35.1. The van der Waals surface area contributed by atoms with Gasteiger partial charge in [-0.15, -0.1) is 0 Å². The zero-order valence-electron chi connectivity index (χ0n) is 22.0. The largest absolute Gasteiger partial charge is 1.00 e. The zero-order chi connectivity index (χ0) is 24.9. The number of nitrogens with zero attached hydrogens (tertiary/aromatic N) is 1. The van der Waals surface area contributed by atoms with Crippen molar-refractivity contribution in [2.24, 2.45) is 51.3 Å². The molecule has 7 nitrogen and oxygen atoms in total. The van der Waals surface area contributed by atoms with Gasteiger partial charge in [0.15, 0.2) is 0 Å². The Morgan fingerprint density at radius 3 is 2.51 bits per heavy atom. The number of hydrogen-bond acceptors (Lipinski definition) is 6. The van der Waals surface area contributed by atoms with Crippen LogP contribution in [-0.4, -0.2) is 53.6 Å². The Labute approximate surface area is 233 Å². The van der Waals surface area contributed by atoms with E-state index >= 15 is 0 Å². The van der Waals surface area contributed by atoms with E-state index in [-0.39, 0.29) is 83.1 Å². The molecule has 3 N–H and O–H groups in total. The SMILES string of the molecule is C[C@H](CCC([O-])=NCCS(=O)(=O)O)[C@H]1CC[C@H]2[C@@H]3[C@H](O)C[C@@H]4CCCC[C@]4(C)[C@H]3C[C@H](O)[C@]12C.[Na+]. The van der Waals surface area contributed by atoms with Gasteiger partial charge in [0.25, 0.3) is 10.1 Å². The molecule has 0 spiro atoms. The van der Waals surface area contributed by atoms with Crippen LogP contribution in [0.3, 0.4) is 0 Å². The predicted molar refractivity (Wildman–Crippen MR) is 130 cm³/mol. The molecule has 196 valence electrons. The minimum absolute atomic E-state index is 0. The maximum absolute atomic E-state index is 12.1. The monoisotopic (exact) mass is 521 g/mol. The second-order valence-electron chi connectivity index (χ2n) is 12.4. The van der Waals surface area contributed by atoms with Crippen LogP contribution in [0.5, 0.6) is 0 Å². The summed E-state index contributed by atoms with van der Waals surface area (Å²) in [6.45, 7) is 6.60. The first-order chi connectivity index (χ1) is 15.9. The number of aliphatic hydroxyl groups is 2. The second kappa shape index (κ2) is 11.2. The standard InChI is InChI=1S/C26H45NO6S.Na/c1-16(7-10-23(30)27-12-13-34(31,32)33)18-8-9-19-24-20(15-22(29)26(18,19)3)25(2)11-5-4-6-17(25)14-21(24)28;/h16-22,24,28-29H,4-15H2,1-3H3,(H,27,30)(H,31,32,33);/q;+1/p-1/t16-,17+,18-,19+,20+,21-,22+,24+,25+,26-;/m1./s1. The average Bonchev–Trinajstić information content (AvgIpc) is 3.11. The summed E-state index contributed by atoms with van der Waals surface area (Å²) in [6, 6.07) is 0. The smallest absolute Gasteiger partial charge is 0.862 e. The van der Waals surface area contributed by atoms with Crippen molar-refractivity contribution in [3.05, 3.63) is 0 Å². The number of rotatable bonds is 7. The summed E-state index contributed by atoms with van der Waals surface area (Å²) in [6.07, 6.45) is 8.85. The summed E-state index contributed by atoms with van der Waals surface area (Å²) < 4.78 is 30.4. The molecular formula is C26H44NNaO6S. The molecule has 0 aliphatic heterocycles. The van der Waals surface area contributed by atoms with E-state index < -0.39 is 22.0 Å². The number of fused-ring (bicyclic) bond motifs is 5. The Morgan fingerprint density at radius 2 is 1.83 bits per heavy atom. The van der Waals surface area contributed by atoms with Crippen molar-refractivity contribution >= 4 is 16.0 Å². The van der Waals surface area contributed by atoms with Crippen molar-refractivity contribution in [2.75, 3.05) is 12.3 Å². The summed E-state index contributed by atoms with van der Waals surface area (Å²) >= 11 is 0. The Hall–Kier alpha value is 0.300. The summed E-state index contributed by atoms with van der Waals surface area (Å²) in [5.74, 6) is 1.14. The van der Waals surface area contributed by atoms with Gasteiger partial charge in [-0.1, -0.05) is 33.6 Å². The van der Waals surface area contributed by atoms with E-state index in [9.17, 15) is 23.7 Å². The normalized spacial score (nSPS) is 44.5. The summed E-state index contributed by atoms with van der Waals surface area (Å²) in [4.78, 5) is 3.77. The van der Waals surface area contributed by atoms with Crippen LogP contribution in [0, 0.1) is 46.3 Å². The molecule has 4 aliphatic carbocycles. The molecule has 9 heteroatoms. The Kier molecular flexibility index (Phi) is 9.54. The fourth-order valence-electron chi connectivity index (χ4n) is 9.10. The molecule has 0 heterocycles. The molecule has 0 saturated heterocycles. The molecule has 0 bridgehead atoms. The van der Waals surface area contributed by atoms with Gasteiger partial charge < -0.3 is 20.3 Å². The maximum atomic E-state index is 12.1. The molecule has 0 amide bonds. The Morgan fingerprint density at radius 1 is 1.11 bits per heavy atom. The Bertz CT molecular complexity index is 883. The van der Waals surface area contributed by atoms with Gasteiger partial charge in [-0.2, -0.15) is 8.42 Å². The molecular weight excluding hydrogens is 477 g/mol. The van der Waals surface area contributed by atoms with Crippen LogP contribution >= 0.6 is 0 Å². The molecule has 0 aromatic rings. The van der Waals surface area contributed by atoms with Gasteiger partial charge in [0.1, 0.15) is 0 Å². The van der Waals surface area contributed by atoms with Gasteiger partial charge in [0.2, 0.25) is 0 Å². The van der Waals surface area contributed by atoms with Gasteiger partial charge >= 0.3 is 29.6 Å². The van der Waals surface area contributed by atoms with E-state index in [0.717, 1.165) is 25.7 Å².